The van der Waals surface area contributed by atoms with Crippen molar-refractivity contribution in [1.29, 1.82) is 0 Å². The van der Waals surface area contributed by atoms with Crippen LogP contribution in [0.3, 0.4) is 0 Å². The van der Waals surface area contributed by atoms with Crippen LogP contribution in [-0.4, -0.2) is 30.1 Å². The van der Waals surface area contributed by atoms with Gasteiger partial charge in [0, 0.05) is 12.8 Å². The monoisotopic (exact) mass is 195 g/mol. The van der Waals surface area contributed by atoms with E-state index in [1.807, 2.05) is 0 Å². The summed E-state index contributed by atoms with van der Waals surface area (Å²) >= 11 is 0. The summed E-state index contributed by atoms with van der Waals surface area (Å²) in [7, 11) is 0. The normalized spacial score (nSPS) is 45.4. The minimum Gasteiger partial charge on any atom is -0.411 e. The quantitative estimate of drug-likeness (QED) is 0.458. The van der Waals surface area contributed by atoms with Gasteiger partial charge >= 0.3 is 0 Å². The van der Waals surface area contributed by atoms with Crippen LogP contribution >= 0.6 is 0 Å². The second kappa shape index (κ2) is 3.23. The lowest BCUT2D eigenvalue weighted by Crippen LogP contribution is -3.16. The number of piperidine rings is 1. The molecule has 1 heterocycles. The molecule has 0 radical (unpaired) electrons. The summed E-state index contributed by atoms with van der Waals surface area (Å²) in [6.07, 6.45) is 6.71. The summed E-state index contributed by atoms with van der Waals surface area (Å²) in [5.41, 5.74) is 1.13. The largest absolute Gasteiger partial charge is 0.411 e. The SMILES string of the molecule is ON=C1[C@@H]2CCC[C@H]1C[NH+](C1CC1)C2. The summed E-state index contributed by atoms with van der Waals surface area (Å²) in [5, 5.41) is 12.6. The topological polar surface area (TPSA) is 37.0 Å². The molecular formula is C11H19N2O+. The molecular weight excluding hydrogens is 176 g/mol. The smallest absolute Gasteiger partial charge is 0.0879 e. The Labute approximate surface area is 84.8 Å². The molecule has 1 aliphatic heterocycles. The number of hydrogen-bond acceptors (Lipinski definition) is 2. The van der Waals surface area contributed by atoms with Gasteiger partial charge < -0.3 is 10.1 Å². The standard InChI is InChI=1S/C11H18N2O/c14-12-11-8-2-1-3-9(11)7-13(6-8)10-4-5-10/h8-10,14H,1-7H2/p+1/t8-,9+. The van der Waals surface area contributed by atoms with Gasteiger partial charge in [-0.05, 0) is 12.8 Å². The molecule has 0 aromatic rings. The van der Waals surface area contributed by atoms with Gasteiger partial charge in [0.15, 0.2) is 0 Å². The summed E-state index contributed by atoms with van der Waals surface area (Å²) in [6, 6.07) is 0.957. The third-order valence-corrected chi connectivity index (χ3v) is 4.23. The number of nitrogens with one attached hydrogen (secondary N) is 1. The molecule has 1 unspecified atom stereocenters. The van der Waals surface area contributed by atoms with Crippen LogP contribution in [0.2, 0.25) is 0 Å². The average Bonchev–Trinajstić information content (AvgIpc) is 2.98. The lowest BCUT2D eigenvalue weighted by Gasteiger charge is -2.39. The molecule has 0 aromatic carbocycles. The van der Waals surface area contributed by atoms with Crippen LogP contribution in [0.25, 0.3) is 0 Å². The van der Waals surface area contributed by atoms with Crippen molar-refractivity contribution in [3.63, 3.8) is 0 Å². The van der Waals surface area contributed by atoms with E-state index in [0.717, 1.165) is 11.8 Å². The molecule has 2 bridgehead atoms. The third kappa shape index (κ3) is 1.34. The number of fused-ring (bicyclic) bond motifs is 2. The fourth-order valence-electron chi connectivity index (χ4n) is 3.36. The van der Waals surface area contributed by atoms with Crippen LogP contribution in [0.5, 0.6) is 0 Å². The molecule has 3 heteroatoms. The number of rotatable bonds is 1. The molecule has 3 nitrogen and oxygen atoms in total. The number of hydrogen-bond donors (Lipinski definition) is 2. The highest BCUT2D eigenvalue weighted by molar-refractivity contribution is 5.89. The molecule has 0 spiro atoms. The molecule has 2 N–H and O–H groups in total. The minimum absolute atomic E-state index is 0.600. The molecule has 3 aliphatic rings. The van der Waals surface area contributed by atoms with Crippen LogP contribution in [0, 0.1) is 11.8 Å². The van der Waals surface area contributed by atoms with Gasteiger partial charge in [-0.3, -0.25) is 0 Å². The first-order chi connectivity index (χ1) is 6.88. The van der Waals surface area contributed by atoms with E-state index in [9.17, 15) is 0 Å². The van der Waals surface area contributed by atoms with E-state index in [0.29, 0.717) is 11.8 Å². The number of quaternary nitrogens is 1. The Bertz CT molecular complexity index is 244. The van der Waals surface area contributed by atoms with Gasteiger partial charge in [0.05, 0.1) is 36.7 Å². The number of oxime groups is 1. The van der Waals surface area contributed by atoms with Gasteiger partial charge in [0.2, 0.25) is 0 Å². The second-order valence-corrected chi connectivity index (χ2v) is 5.19. The Morgan fingerprint density at radius 3 is 2.21 bits per heavy atom. The molecule has 3 fully saturated rings. The zero-order valence-corrected chi connectivity index (χ0v) is 8.58. The first-order valence-electron chi connectivity index (χ1n) is 5.95. The summed E-state index contributed by atoms with van der Waals surface area (Å²) in [6.45, 7) is 2.47. The van der Waals surface area contributed by atoms with Crippen molar-refractivity contribution in [2.24, 2.45) is 17.0 Å². The van der Waals surface area contributed by atoms with Crippen LogP contribution in [0.1, 0.15) is 32.1 Å². The predicted molar refractivity (Wildman–Crippen MR) is 53.8 cm³/mol. The maximum atomic E-state index is 9.02. The van der Waals surface area contributed by atoms with Crippen molar-refractivity contribution >= 4 is 5.71 Å². The minimum atomic E-state index is 0.600. The van der Waals surface area contributed by atoms with E-state index in [-0.39, 0.29) is 0 Å². The molecule has 14 heavy (non-hydrogen) atoms. The zero-order valence-electron chi connectivity index (χ0n) is 8.58. The first-order valence-corrected chi connectivity index (χ1v) is 5.95. The fourth-order valence-corrected chi connectivity index (χ4v) is 3.36. The molecule has 2 saturated carbocycles. The van der Waals surface area contributed by atoms with E-state index in [2.05, 4.69) is 5.16 Å². The predicted octanol–water partition coefficient (Wildman–Crippen LogP) is 0.294. The third-order valence-electron chi connectivity index (χ3n) is 4.23. The maximum absolute atomic E-state index is 9.02. The van der Waals surface area contributed by atoms with Crippen LogP contribution < -0.4 is 4.90 Å². The Kier molecular flexibility index (Phi) is 2.01. The molecule has 0 aromatic heterocycles. The molecule has 0 amide bonds. The Morgan fingerprint density at radius 1 is 1.07 bits per heavy atom. The Morgan fingerprint density at radius 2 is 1.71 bits per heavy atom. The van der Waals surface area contributed by atoms with Crippen molar-refractivity contribution < 1.29 is 10.1 Å². The van der Waals surface area contributed by atoms with Crippen molar-refractivity contribution in [3.8, 4) is 0 Å². The molecule has 2 aliphatic carbocycles. The lowest BCUT2D eigenvalue weighted by atomic mass is 9.76. The van der Waals surface area contributed by atoms with Crippen LogP contribution in [-0.2, 0) is 0 Å². The summed E-state index contributed by atoms with van der Waals surface area (Å²) in [5.74, 6) is 1.20. The van der Waals surface area contributed by atoms with Crippen LogP contribution in [0.15, 0.2) is 5.16 Å². The average molecular weight is 195 g/mol. The van der Waals surface area contributed by atoms with E-state index in [4.69, 9.17) is 5.21 Å². The van der Waals surface area contributed by atoms with Gasteiger partial charge in [-0.1, -0.05) is 11.6 Å². The second-order valence-electron chi connectivity index (χ2n) is 5.19. The molecule has 78 valence electrons. The summed E-state index contributed by atoms with van der Waals surface area (Å²) < 4.78 is 0. The van der Waals surface area contributed by atoms with E-state index in [1.54, 1.807) is 4.90 Å². The van der Waals surface area contributed by atoms with Crippen LogP contribution in [0.4, 0.5) is 0 Å². The highest BCUT2D eigenvalue weighted by Gasteiger charge is 2.44. The molecule has 1 saturated heterocycles. The zero-order chi connectivity index (χ0) is 9.54. The molecule has 3 atom stereocenters. The lowest BCUT2D eigenvalue weighted by molar-refractivity contribution is -0.919. The van der Waals surface area contributed by atoms with Crippen molar-refractivity contribution in [2.75, 3.05) is 13.1 Å². The van der Waals surface area contributed by atoms with Crippen molar-refractivity contribution in [1.82, 2.24) is 0 Å². The first kappa shape index (κ1) is 8.72. The van der Waals surface area contributed by atoms with Gasteiger partial charge in [0.25, 0.3) is 0 Å². The van der Waals surface area contributed by atoms with Gasteiger partial charge in [-0.15, -0.1) is 0 Å². The van der Waals surface area contributed by atoms with Crippen molar-refractivity contribution in [2.45, 2.75) is 38.1 Å². The van der Waals surface area contributed by atoms with Crippen molar-refractivity contribution in [3.05, 3.63) is 0 Å². The van der Waals surface area contributed by atoms with E-state index < -0.39 is 0 Å². The maximum Gasteiger partial charge on any atom is 0.0879 e. The van der Waals surface area contributed by atoms with E-state index >= 15 is 0 Å². The fraction of sp³-hybridized carbons (Fsp3) is 0.909. The molecule has 3 rings (SSSR count). The van der Waals surface area contributed by atoms with Gasteiger partial charge in [0.1, 0.15) is 0 Å². The summed E-state index contributed by atoms with van der Waals surface area (Å²) in [4.78, 5) is 1.80. The highest BCUT2D eigenvalue weighted by atomic mass is 16.4. The highest BCUT2D eigenvalue weighted by Crippen LogP contribution is 2.29. The number of nitrogens with zero attached hydrogens (tertiary/aromatic N) is 1. The Balaban J connectivity index is 1.78. The number of likely N-dealkylation sites (tertiary alicyclic amines) is 1. The van der Waals surface area contributed by atoms with E-state index in [1.165, 1.54) is 45.2 Å². The Hall–Kier alpha value is -0.570. The van der Waals surface area contributed by atoms with Gasteiger partial charge in [-0.25, -0.2) is 0 Å². The van der Waals surface area contributed by atoms with Gasteiger partial charge in [-0.2, -0.15) is 0 Å².